The second-order valence-corrected chi connectivity index (χ2v) is 13.9. The number of nitrogens with zero attached hydrogens (tertiary/aromatic N) is 4. The van der Waals surface area contributed by atoms with Crippen molar-refractivity contribution in [3.63, 3.8) is 0 Å². The van der Waals surface area contributed by atoms with Crippen molar-refractivity contribution in [3.05, 3.63) is 11.8 Å². The van der Waals surface area contributed by atoms with Gasteiger partial charge in [-0.3, -0.25) is 14.6 Å². The van der Waals surface area contributed by atoms with Crippen molar-refractivity contribution in [2.75, 3.05) is 45.8 Å². The van der Waals surface area contributed by atoms with Crippen LogP contribution in [-0.4, -0.2) is 142 Å². The van der Waals surface area contributed by atoms with Crippen LogP contribution in [0, 0.1) is 5.92 Å². The van der Waals surface area contributed by atoms with Crippen LogP contribution in [0.25, 0.3) is 0 Å². The lowest BCUT2D eigenvalue weighted by Gasteiger charge is -2.51. The molecular weight excluding hydrogens is 606 g/mol. The van der Waals surface area contributed by atoms with Gasteiger partial charge in [0.25, 0.3) is 0 Å². The fourth-order valence-corrected chi connectivity index (χ4v) is 8.34. The largest absolute Gasteiger partial charge is 0.478 e. The number of thiocarbonyl (C=S) groups is 1. The van der Waals surface area contributed by atoms with Crippen LogP contribution in [-0.2, 0) is 14.3 Å². The molecule has 0 aromatic rings. The lowest BCUT2D eigenvalue weighted by atomic mass is 9.73. The van der Waals surface area contributed by atoms with Gasteiger partial charge in [0.2, 0.25) is 0 Å². The van der Waals surface area contributed by atoms with Gasteiger partial charge in [0, 0.05) is 81.5 Å². The predicted molar refractivity (Wildman–Crippen MR) is 166 cm³/mol. The number of hydrogen-bond acceptors (Lipinski definition) is 8. The van der Waals surface area contributed by atoms with Crippen molar-refractivity contribution in [3.8, 4) is 0 Å². The number of carboxylic acid groups (broad SMARTS) is 1. The third-order valence-electron chi connectivity index (χ3n) is 10.7. The number of alkyl halides is 2. The molecule has 3 saturated carbocycles. The highest BCUT2D eigenvalue weighted by Gasteiger charge is 2.51. The molecule has 0 spiro atoms. The molecule has 8 atom stereocenters. The molecule has 6 aliphatic rings. The van der Waals surface area contributed by atoms with Crippen molar-refractivity contribution in [2.45, 2.75) is 107 Å². The number of Topliss-reactive ketones (excluding diaryl/α,β-unsaturated/α-hetero) is 1. The molecule has 0 aromatic heterocycles. The van der Waals surface area contributed by atoms with E-state index in [0.717, 1.165) is 25.8 Å². The number of cyclic esters (lactones) is 1. The summed E-state index contributed by atoms with van der Waals surface area (Å²) in [5, 5.41) is 16.3. The maximum Gasteiger partial charge on any atom is 0.410 e. The standard InChI is InChI=1S/C31H46F2N6O5S/c1-2-7-34-30(45)35-15-20-16-39(31(43)44-20)19-5-6-25(23(32)12-19)36-8-10-37(11-9-36)27-14-26-21(13-24(27)33)28(40)22(29(41)42)17-38(26)18-3-4-18/h17-21,23-27H,2-16H2,1H3,(H,41,42)(H2,34,35,45)/t19?,20-,21?,23?,24?,25?,26?,27?/m0/s1. The first-order valence-electron chi connectivity index (χ1n) is 16.7. The number of amides is 1. The van der Waals surface area contributed by atoms with Crippen molar-refractivity contribution in [1.82, 2.24) is 30.2 Å². The minimum atomic E-state index is -1.24. The van der Waals surface area contributed by atoms with Gasteiger partial charge >= 0.3 is 12.1 Å². The summed E-state index contributed by atoms with van der Waals surface area (Å²) in [6.07, 6.45) is 3.47. The van der Waals surface area contributed by atoms with E-state index < -0.39 is 36.1 Å². The fourth-order valence-electron chi connectivity index (χ4n) is 8.15. The maximum absolute atomic E-state index is 15.7. The summed E-state index contributed by atoms with van der Waals surface area (Å²) in [4.78, 5) is 45.3. The summed E-state index contributed by atoms with van der Waals surface area (Å²) in [6, 6.07) is -0.748. The van der Waals surface area contributed by atoms with E-state index in [1.165, 1.54) is 6.20 Å². The molecule has 5 fully saturated rings. The van der Waals surface area contributed by atoms with Crippen molar-refractivity contribution in [1.29, 1.82) is 0 Å². The fraction of sp³-hybridized carbons (Fsp3) is 0.806. The third-order valence-corrected chi connectivity index (χ3v) is 11.0. The van der Waals surface area contributed by atoms with Crippen LogP contribution in [0.15, 0.2) is 11.8 Å². The molecule has 45 heavy (non-hydrogen) atoms. The Balaban J connectivity index is 0.988. The van der Waals surface area contributed by atoms with E-state index in [1.807, 2.05) is 4.90 Å². The average Bonchev–Trinajstić information content (AvgIpc) is 3.80. The van der Waals surface area contributed by atoms with Gasteiger partial charge < -0.3 is 30.3 Å². The van der Waals surface area contributed by atoms with Crippen LogP contribution in [0.3, 0.4) is 0 Å². The smallest absolute Gasteiger partial charge is 0.410 e. The summed E-state index contributed by atoms with van der Waals surface area (Å²) in [7, 11) is 0. The van der Waals surface area contributed by atoms with E-state index in [2.05, 4.69) is 27.4 Å². The first kappa shape index (κ1) is 32.4. The van der Waals surface area contributed by atoms with Crippen LogP contribution < -0.4 is 10.6 Å². The number of rotatable bonds is 9. The monoisotopic (exact) mass is 652 g/mol. The molecule has 6 rings (SSSR count). The van der Waals surface area contributed by atoms with E-state index >= 15 is 8.78 Å². The Morgan fingerprint density at radius 2 is 1.62 bits per heavy atom. The zero-order chi connectivity index (χ0) is 31.8. The van der Waals surface area contributed by atoms with Gasteiger partial charge in [0.15, 0.2) is 10.9 Å². The minimum absolute atomic E-state index is 0.0388. The third kappa shape index (κ3) is 6.92. The second-order valence-electron chi connectivity index (χ2n) is 13.5. The predicted octanol–water partition coefficient (Wildman–Crippen LogP) is 2.06. The molecule has 3 aliphatic carbocycles. The van der Waals surface area contributed by atoms with Crippen molar-refractivity contribution < 1.29 is 33.0 Å². The molecule has 0 aromatic carbocycles. The Morgan fingerprint density at radius 1 is 0.956 bits per heavy atom. The molecule has 2 saturated heterocycles. The van der Waals surface area contributed by atoms with Crippen molar-refractivity contribution >= 4 is 35.2 Å². The minimum Gasteiger partial charge on any atom is -0.478 e. The van der Waals surface area contributed by atoms with Gasteiger partial charge in [0.05, 0.1) is 13.1 Å². The Labute approximate surface area is 268 Å². The van der Waals surface area contributed by atoms with E-state index in [4.69, 9.17) is 17.0 Å². The summed E-state index contributed by atoms with van der Waals surface area (Å²) < 4.78 is 36.8. The quantitative estimate of drug-likeness (QED) is 0.251. The topological polar surface area (TPSA) is 118 Å². The number of fused-ring (bicyclic) bond motifs is 1. The summed E-state index contributed by atoms with van der Waals surface area (Å²) >= 11 is 5.25. The summed E-state index contributed by atoms with van der Waals surface area (Å²) in [6.45, 7) is 6.14. The highest BCUT2D eigenvalue weighted by Crippen LogP contribution is 2.43. The van der Waals surface area contributed by atoms with Gasteiger partial charge in [-0.05, 0) is 57.2 Å². The molecule has 14 heteroatoms. The molecular formula is C31H46F2N6O5S. The number of nitrogens with one attached hydrogen (secondary N) is 2. The Bertz CT molecular complexity index is 1180. The zero-order valence-electron chi connectivity index (χ0n) is 25.9. The number of ketones is 1. The first-order chi connectivity index (χ1) is 21.6. The molecule has 7 unspecified atom stereocenters. The number of hydrogen-bond donors (Lipinski definition) is 3. The van der Waals surface area contributed by atoms with Crippen LogP contribution >= 0.6 is 12.2 Å². The van der Waals surface area contributed by atoms with Crippen LogP contribution in [0.5, 0.6) is 0 Å². The van der Waals surface area contributed by atoms with Gasteiger partial charge in [0.1, 0.15) is 24.0 Å². The number of halogens is 2. The summed E-state index contributed by atoms with van der Waals surface area (Å²) in [5.74, 6) is -2.31. The lowest BCUT2D eigenvalue weighted by molar-refractivity contribution is -0.138. The number of carbonyl (C=O) groups is 3. The number of ether oxygens (including phenoxy) is 1. The van der Waals surface area contributed by atoms with E-state index in [9.17, 15) is 19.5 Å². The lowest BCUT2D eigenvalue weighted by Crippen LogP contribution is -2.62. The molecule has 3 N–H and O–H groups in total. The molecule has 1 amide bonds. The Kier molecular flexibility index (Phi) is 9.81. The van der Waals surface area contributed by atoms with Crippen LogP contribution in [0.1, 0.15) is 58.3 Å². The number of carboxylic acids is 1. The zero-order valence-corrected chi connectivity index (χ0v) is 26.7. The Hall–Kier alpha value is -2.58. The highest BCUT2D eigenvalue weighted by atomic mass is 32.1. The molecule has 11 nitrogen and oxygen atoms in total. The van der Waals surface area contributed by atoms with Crippen molar-refractivity contribution in [2.24, 2.45) is 5.92 Å². The Morgan fingerprint density at radius 3 is 2.27 bits per heavy atom. The first-order valence-corrected chi connectivity index (χ1v) is 17.1. The normalized spacial score (nSPS) is 36.3. The number of aliphatic carboxylic acids is 1. The van der Waals surface area contributed by atoms with E-state index in [1.54, 1.807) is 4.90 Å². The van der Waals surface area contributed by atoms with Gasteiger partial charge in [-0.25, -0.2) is 18.4 Å². The molecule has 250 valence electrons. The molecule has 0 bridgehead atoms. The van der Waals surface area contributed by atoms with Gasteiger partial charge in [-0.1, -0.05) is 6.92 Å². The maximum atomic E-state index is 15.7. The highest BCUT2D eigenvalue weighted by molar-refractivity contribution is 7.80. The van der Waals surface area contributed by atoms with Crippen LogP contribution in [0.4, 0.5) is 13.6 Å². The number of carbonyl (C=O) groups excluding carboxylic acids is 2. The summed E-state index contributed by atoms with van der Waals surface area (Å²) in [5.41, 5.74) is -0.226. The molecule has 3 aliphatic heterocycles. The average molecular weight is 653 g/mol. The molecule has 3 heterocycles. The SMILES string of the molecule is CCCNC(=S)NC[C@H]1CN(C2CCC(N3CCN(C4CC5C(CC4F)C(=O)C(C(=O)O)=CN5C4CC4)CC3)C(F)C2)C(=O)O1. The van der Waals surface area contributed by atoms with Crippen LogP contribution in [0.2, 0.25) is 0 Å². The second kappa shape index (κ2) is 13.6. The van der Waals surface area contributed by atoms with E-state index in [-0.39, 0.29) is 54.7 Å². The number of piperazine rings is 1. The van der Waals surface area contributed by atoms with E-state index in [0.29, 0.717) is 63.6 Å². The van der Waals surface area contributed by atoms with Gasteiger partial charge in [-0.15, -0.1) is 0 Å². The van der Waals surface area contributed by atoms with Gasteiger partial charge in [-0.2, -0.15) is 0 Å². The molecule has 0 radical (unpaired) electrons.